The predicted molar refractivity (Wildman–Crippen MR) is 103 cm³/mol. The number of benzene rings is 1. The van der Waals surface area contributed by atoms with Gasteiger partial charge in [0.1, 0.15) is 10.8 Å². The van der Waals surface area contributed by atoms with Crippen LogP contribution >= 0.6 is 23.1 Å². The molecule has 0 aliphatic carbocycles. The molecule has 7 nitrogen and oxygen atoms in total. The molecular formula is C17H19FN6OS2. The van der Waals surface area contributed by atoms with Gasteiger partial charge < -0.3 is 10.6 Å². The Balaban J connectivity index is 1.49. The Labute approximate surface area is 164 Å². The normalized spacial score (nSPS) is 16.5. The van der Waals surface area contributed by atoms with Gasteiger partial charge >= 0.3 is 0 Å². The Hall–Kier alpha value is -2.04. The summed E-state index contributed by atoms with van der Waals surface area (Å²) in [6.45, 7) is 3.44. The van der Waals surface area contributed by atoms with E-state index in [0.717, 1.165) is 36.9 Å². The highest BCUT2D eigenvalue weighted by Crippen LogP contribution is 2.38. The van der Waals surface area contributed by atoms with Crippen LogP contribution in [0.5, 0.6) is 0 Å². The van der Waals surface area contributed by atoms with Gasteiger partial charge in [-0.3, -0.25) is 0 Å². The summed E-state index contributed by atoms with van der Waals surface area (Å²) in [7, 11) is 0. The average molecular weight is 407 g/mol. The van der Waals surface area contributed by atoms with Gasteiger partial charge in [0.05, 0.1) is 5.25 Å². The van der Waals surface area contributed by atoms with E-state index in [-0.39, 0.29) is 17.0 Å². The van der Waals surface area contributed by atoms with Crippen LogP contribution in [0.2, 0.25) is 0 Å². The molecule has 4 rings (SSSR count). The Morgan fingerprint density at radius 3 is 2.78 bits per heavy atom. The molecule has 0 radical (unpaired) electrons. The van der Waals surface area contributed by atoms with Crippen molar-refractivity contribution in [2.75, 3.05) is 19.1 Å². The molecule has 1 atom stereocenters. The first kappa shape index (κ1) is 18.3. The molecule has 0 saturated carbocycles. The molecule has 1 saturated heterocycles. The number of ether oxygens (including phenoxy) is 1. The van der Waals surface area contributed by atoms with Crippen molar-refractivity contribution < 1.29 is 9.13 Å². The smallest absolute Gasteiger partial charge is 0.210 e. The fraction of sp³-hybridized carbons (Fsp3) is 0.412. The molecule has 0 amide bonds. The van der Waals surface area contributed by atoms with E-state index in [1.807, 2.05) is 6.92 Å². The second-order valence-electron chi connectivity index (χ2n) is 6.28. The fourth-order valence-corrected chi connectivity index (χ4v) is 4.80. The van der Waals surface area contributed by atoms with Crippen LogP contribution in [0.25, 0.3) is 10.6 Å². The zero-order valence-electron chi connectivity index (χ0n) is 14.7. The number of nitrogen functional groups attached to an aromatic ring is 1. The highest BCUT2D eigenvalue weighted by Gasteiger charge is 2.25. The lowest BCUT2D eigenvalue weighted by molar-refractivity contribution is 0.0830. The van der Waals surface area contributed by atoms with E-state index in [4.69, 9.17) is 10.6 Å². The van der Waals surface area contributed by atoms with Crippen LogP contribution in [0.15, 0.2) is 29.4 Å². The number of rotatable bonds is 5. The summed E-state index contributed by atoms with van der Waals surface area (Å²) >= 11 is 2.84. The van der Waals surface area contributed by atoms with Gasteiger partial charge in [-0.1, -0.05) is 35.2 Å². The predicted octanol–water partition coefficient (Wildman–Crippen LogP) is 3.40. The van der Waals surface area contributed by atoms with Crippen molar-refractivity contribution in [2.45, 2.75) is 36.1 Å². The SMILES string of the molecule is C[C@@H](Sc1nnc(C2CCOCC2)n1N)c1nnc(-c2ccccc2F)s1. The van der Waals surface area contributed by atoms with Gasteiger partial charge in [0.15, 0.2) is 10.8 Å². The van der Waals surface area contributed by atoms with E-state index >= 15 is 0 Å². The topological polar surface area (TPSA) is 91.7 Å². The Bertz CT molecular complexity index is 924. The van der Waals surface area contributed by atoms with E-state index < -0.39 is 0 Å². The van der Waals surface area contributed by atoms with Gasteiger partial charge in [-0.25, -0.2) is 9.07 Å². The maximum atomic E-state index is 14.0. The third kappa shape index (κ3) is 3.83. The van der Waals surface area contributed by atoms with Crippen molar-refractivity contribution in [3.63, 3.8) is 0 Å². The minimum absolute atomic E-state index is 0.0305. The van der Waals surface area contributed by atoms with Crippen LogP contribution in [0.1, 0.15) is 41.8 Å². The lowest BCUT2D eigenvalue weighted by atomic mass is 10.00. The lowest BCUT2D eigenvalue weighted by Crippen LogP contribution is -2.22. The van der Waals surface area contributed by atoms with Crippen molar-refractivity contribution in [1.29, 1.82) is 0 Å². The van der Waals surface area contributed by atoms with Gasteiger partial charge in [-0.2, -0.15) is 0 Å². The summed E-state index contributed by atoms with van der Waals surface area (Å²) in [5.74, 6) is 6.98. The number of nitrogens with zero attached hydrogens (tertiary/aromatic N) is 5. The average Bonchev–Trinajstić information content (AvgIpc) is 3.31. The van der Waals surface area contributed by atoms with Crippen molar-refractivity contribution in [1.82, 2.24) is 25.1 Å². The molecular weight excluding hydrogens is 387 g/mol. The standard InChI is InChI=1S/C17H19FN6OS2/c1-10(15-21-22-16(27-15)12-4-2-3-5-13(12)18)26-17-23-20-14(24(17)19)11-6-8-25-9-7-11/h2-5,10-11H,6-9,19H2,1H3/t10-/m1/s1. The number of hydrogen-bond acceptors (Lipinski definition) is 8. The maximum absolute atomic E-state index is 14.0. The molecule has 1 aromatic carbocycles. The lowest BCUT2D eigenvalue weighted by Gasteiger charge is -2.20. The van der Waals surface area contributed by atoms with Gasteiger partial charge in [-0.05, 0) is 31.9 Å². The molecule has 2 aromatic heterocycles. The minimum atomic E-state index is -0.302. The molecule has 0 unspecified atom stereocenters. The molecule has 10 heteroatoms. The summed E-state index contributed by atoms with van der Waals surface area (Å²) < 4.78 is 20.9. The number of thioether (sulfide) groups is 1. The quantitative estimate of drug-likeness (QED) is 0.513. The summed E-state index contributed by atoms with van der Waals surface area (Å²) in [6.07, 6.45) is 1.80. The molecule has 0 spiro atoms. The molecule has 2 N–H and O–H groups in total. The Kier molecular flexibility index (Phi) is 5.37. The molecule has 1 aliphatic heterocycles. The minimum Gasteiger partial charge on any atom is -0.381 e. The fourth-order valence-electron chi connectivity index (χ4n) is 2.95. The van der Waals surface area contributed by atoms with Gasteiger partial charge in [0.25, 0.3) is 0 Å². The van der Waals surface area contributed by atoms with E-state index in [9.17, 15) is 4.39 Å². The Morgan fingerprint density at radius 1 is 1.22 bits per heavy atom. The van der Waals surface area contributed by atoms with Crippen molar-refractivity contribution in [2.24, 2.45) is 0 Å². The molecule has 27 heavy (non-hydrogen) atoms. The number of halogens is 1. The largest absolute Gasteiger partial charge is 0.381 e. The second kappa shape index (κ2) is 7.91. The molecule has 3 aromatic rings. The molecule has 0 bridgehead atoms. The molecule has 142 valence electrons. The van der Waals surface area contributed by atoms with Gasteiger partial charge in [0, 0.05) is 24.7 Å². The number of hydrogen-bond donors (Lipinski definition) is 1. The molecule has 1 aliphatic rings. The molecule has 3 heterocycles. The van der Waals surface area contributed by atoms with Gasteiger partial charge in [-0.15, -0.1) is 20.4 Å². The monoisotopic (exact) mass is 406 g/mol. The van der Waals surface area contributed by atoms with Gasteiger partial charge in [0.2, 0.25) is 5.16 Å². The first-order valence-electron chi connectivity index (χ1n) is 8.66. The highest BCUT2D eigenvalue weighted by atomic mass is 32.2. The van der Waals surface area contributed by atoms with Crippen molar-refractivity contribution >= 4 is 23.1 Å². The second-order valence-corrected chi connectivity index (χ2v) is 8.60. The van der Waals surface area contributed by atoms with Crippen molar-refractivity contribution in [3.05, 3.63) is 40.9 Å². The van der Waals surface area contributed by atoms with E-state index in [1.54, 1.807) is 22.9 Å². The Morgan fingerprint density at radius 2 is 2.00 bits per heavy atom. The number of nitrogens with two attached hydrogens (primary N) is 1. The summed E-state index contributed by atoms with van der Waals surface area (Å²) in [6, 6.07) is 6.56. The maximum Gasteiger partial charge on any atom is 0.210 e. The van der Waals surface area contributed by atoms with E-state index in [1.165, 1.54) is 29.2 Å². The summed E-state index contributed by atoms with van der Waals surface area (Å²) in [5.41, 5.74) is 0.460. The van der Waals surface area contributed by atoms with E-state index in [0.29, 0.717) is 15.7 Å². The third-order valence-corrected chi connectivity index (χ3v) is 6.81. The summed E-state index contributed by atoms with van der Waals surface area (Å²) in [4.78, 5) is 0. The van der Waals surface area contributed by atoms with Crippen LogP contribution in [-0.2, 0) is 4.74 Å². The van der Waals surface area contributed by atoms with Crippen LogP contribution < -0.4 is 5.84 Å². The zero-order chi connectivity index (χ0) is 18.8. The zero-order valence-corrected chi connectivity index (χ0v) is 16.3. The molecule has 1 fully saturated rings. The first-order valence-corrected chi connectivity index (χ1v) is 10.4. The van der Waals surface area contributed by atoms with E-state index in [2.05, 4.69) is 20.4 Å². The third-order valence-electron chi connectivity index (χ3n) is 4.45. The van der Waals surface area contributed by atoms with Crippen molar-refractivity contribution in [3.8, 4) is 10.6 Å². The van der Waals surface area contributed by atoms with Crippen LogP contribution in [-0.4, -0.2) is 38.3 Å². The number of aromatic nitrogens is 5. The van der Waals surface area contributed by atoms with Crippen LogP contribution in [0, 0.1) is 5.82 Å². The highest BCUT2D eigenvalue weighted by molar-refractivity contribution is 7.99. The van der Waals surface area contributed by atoms with Crippen LogP contribution in [0.3, 0.4) is 0 Å². The van der Waals surface area contributed by atoms with Crippen LogP contribution in [0.4, 0.5) is 4.39 Å². The summed E-state index contributed by atoms with van der Waals surface area (Å²) in [5, 5.41) is 18.8. The first-order chi connectivity index (χ1) is 13.1.